The molecule has 1 amide bonds. The fourth-order valence-corrected chi connectivity index (χ4v) is 3.33. The summed E-state index contributed by atoms with van der Waals surface area (Å²) < 4.78 is 10.9. The van der Waals surface area contributed by atoms with Gasteiger partial charge in [-0.2, -0.15) is 0 Å². The molecule has 3 atom stereocenters. The zero-order chi connectivity index (χ0) is 16.0. The van der Waals surface area contributed by atoms with E-state index in [1.54, 1.807) is 4.90 Å². The van der Waals surface area contributed by atoms with Gasteiger partial charge in [0.25, 0.3) is 0 Å². The molecule has 1 saturated carbocycles. The average molecular weight is 299 g/mol. The molecule has 1 saturated heterocycles. The van der Waals surface area contributed by atoms with Crippen LogP contribution in [0.5, 0.6) is 0 Å². The van der Waals surface area contributed by atoms with Crippen molar-refractivity contribution in [2.24, 2.45) is 17.3 Å². The number of ether oxygens (including phenoxy) is 2. The van der Waals surface area contributed by atoms with Crippen LogP contribution in [0.25, 0.3) is 0 Å². The van der Waals surface area contributed by atoms with Crippen molar-refractivity contribution in [1.29, 1.82) is 0 Å². The quantitative estimate of drug-likeness (QED) is 0.843. The predicted molar refractivity (Wildman–Crippen MR) is 75.9 cm³/mol. The van der Waals surface area contributed by atoms with Crippen LogP contribution in [0, 0.1) is 17.3 Å². The predicted octanol–water partition coefficient (Wildman–Crippen LogP) is 1.98. The second-order valence-electron chi connectivity index (χ2n) is 7.48. The third-order valence-corrected chi connectivity index (χ3v) is 4.38. The number of hydrogen-bond acceptors (Lipinski definition) is 4. The van der Waals surface area contributed by atoms with Gasteiger partial charge in [0.05, 0.1) is 25.2 Å². The Morgan fingerprint density at radius 1 is 1.33 bits per heavy atom. The number of nitrogens with zero attached hydrogens (tertiary/aromatic N) is 1. The normalized spacial score (nSPS) is 31.7. The van der Waals surface area contributed by atoms with Gasteiger partial charge in [-0.1, -0.05) is 13.8 Å². The maximum atomic E-state index is 12.3. The van der Waals surface area contributed by atoms with Crippen molar-refractivity contribution < 1.29 is 24.2 Å². The summed E-state index contributed by atoms with van der Waals surface area (Å²) in [5.41, 5.74) is -0.886. The Labute approximate surface area is 125 Å². The number of hydrogen-bond donors (Lipinski definition) is 1. The number of carboxylic acids is 1. The van der Waals surface area contributed by atoms with Gasteiger partial charge in [-0.05, 0) is 26.2 Å². The van der Waals surface area contributed by atoms with Gasteiger partial charge in [-0.3, -0.25) is 4.79 Å². The van der Waals surface area contributed by atoms with Crippen molar-refractivity contribution in [2.75, 3.05) is 19.8 Å². The third kappa shape index (κ3) is 3.15. The van der Waals surface area contributed by atoms with Crippen molar-refractivity contribution in [1.82, 2.24) is 4.90 Å². The SMILES string of the molecule is CC(C)(C)OC(=O)N1CCOCC1[C@@H]1[C@@H](C(=O)O)C1(C)C. The van der Waals surface area contributed by atoms with E-state index in [9.17, 15) is 14.7 Å². The second kappa shape index (κ2) is 5.16. The maximum absolute atomic E-state index is 12.3. The van der Waals surface area contributed by atoms with Crippen molar-refractivity contribution in [2.45, 2.75) is 46.3 Å². The lowest BCUT2D eigenvalue weighted by atomic mass is 10.0. The Bertz CT molecular complexity index is 440. The van der Waals surface area contributed by atoms with Crippen LogP contribution in [0.3, 0.4) is 0 Å². The van der Waals surface area contributed by atoms with Gasteiger partial charge in [0.2, 0.25) is 0 Å². The molecule has 0 aromatic rings. The molecule has 1 aliphatic carbocycles. The van der Waals surface area contributed by atoms with E-state index in [2.05, 4.69) is 0 Å². The highest BCUT2D eigenvalue weighted by Gasteiger charge is 2.66. The van der Waals surface area contributed by atoms with Crippen molar-refractivity contribution in [3.63, 3.8) is 0 Å². The van der Waals surface area contributed by atoms with E-state index < -0.39 is 17.5 Å². The molecule has 1 N–H and O–H groups in total. The molecule has 1 aliphatic heterocycles. The smallest absolute Gasteiger partial charge is 0.410 e. The Morgan fingerprint density at radius 3 is 2.43 bits per heavy atom. The van der Waals surface area contributed by atoms with E-state index in [0.717, 1.165) is 0 Å². The van der Waals surface area contributed by atoms with Crippen LogP contribution in [0.4, 0.5) is 4.79 Å². The van der Waals surface area contributed by atoms with Crippen LogP contribution in [0.15, 0.2) is 0 Å². The molecule has 1 unspecified atom stereocenters. The van der Waals surface area contributed by atoms with Crippen LogP contribution in [-0.4, -0.2) is 53.5 Å². The van der Waals surface area contributed by atoms with Gasteiger partial charge in [0.1, 0.15) is 5.60 Å². The molecule has 2 fully saturated rings. The van der Waals surface area contributed by atoms with Gasteiger partial charge >= 0.3 is 12.1 Å². The van der Waals surface area contributed by atoms with E-state index >= 15 is 0 Å². The lowest BCUT2D eigenvalue weighted by molar-refractivity contribution is -0.140. The molecule has 6 nitrogen and oxygen atoms in total. The summed E-state index contributed by atoms with van der Waals surface area (Å²) in [4.78, 5) is 25.3. The molecule has 120 valence electrons. The summed E-state index contributed by atoms with van der Waals surface area (Å²) >= 11 is 0. The number of rotatable bonds is 2. The molecule has 0 aromatic carbocycles. The number of carboxylic acid groups (broad SMARTS) is 1. The summed E-state index contributed by atoms with van der Waals surface area (Å²) in [5, 5.41) is 9.33. The molecule has 2 aliphatic rings. The van der Waals surface area contributed by atoms with Crippen LogP contribution in [-0.2, 0) is 14.3 Å². The number of aliphatic carboxylic acids is 1. The topological polar surface area (TPSA) is 76.1 Å². The Morgan fingerprint density at radius 2 is 1.95 bits per heavy atom. The monoisotopic (exact) mass is 299 g/mol. The molecule has 2 rings (SSSR count). The number of amides is 1. The minimum Gasteiger partial charge on any atom is -0.481 e. The molecular formula is C15H25NO5. The molecule has 0 spiro atoms. The number of carbonyl (C=O) groups is 2. The van der Waals surface area contributed by atoms with Gasteiger partial charge in [0, 0.05) is 12.5 Å². The minimum atomic E-state index is -0.806. The lowest BCUT2D eigenvalue weighted by Gasteiger charge is -2.37. The standard InChI is InChI=1S/C15H25NO5/c1-14(2,3)21-13(19)16-6-7-20-8-9(16)10-11(12(17)18)15(10,4)5/h9-11H,6-8H2,1-5H3,(H,17,18)/t9?,10-,11+/m1/s1. The number of carbonyl (C=O) groups excluding carboxylic acids is 1. The highest BCUT2D eigenvalue weighted by atomic mass is 16.6. The van der Waals surface area contributed by atoms with Crippen LogP contribution < -0.4 is 0 Å². The minimum absolute atomic E-state index is 0.0946. The highest BCUT2D eigenvalue weighted by Crippen LogP contribution is 2.61. The summed E-state index contributed by atoms with van der Waals surface area (Å²) in [6.45, 7) is 10.6. The lowest BCUT2D eigenvalue weighted by Crippen LogP contribution is -2.52. The molecule has 21 heavy (non-hydrogen) atoms. The summed E-state index contributed by atoms with van der Waals surface area (Å²) in [5.74, 6) is -1.34. The van der Waals surface area contributed by atoms with E-state index in [0.29, 0.717) is 19.8 Å². The first-order valence-corrected chi connectivity index (χ1v) is 7.36. The van der Waals surface area contributed by atoms with Gasteiger partial charge < -0.3 is 19.5 Å². The Balaban J connectivity index is 2.14. The first kappa shape index (κ1) is 16.1. The zero-order valence-electron chi connectivity index (χ0n) is 13.4. The Hall–Kier alpha value is -1.30. The van der Waals surface area contributed by atoms with Gasteiger partial charge in [-0.15, -0.1) is 0 Å². The zero-order valence-corrected chi connectivity index (χ0v) is 13.4. The van der Waals surface area contributed by atoms with E-state index in [1.807, 2.05) is 34.6 Å². The third-order valence-electron chi connectivity index (χ3n) is 4.38. The summed E-state index contributed by atoms with van der Waals surface area (Å²) in [6, 6.07) is -0.232. The molecule has 6 heteroatoms. The maximum Gasteiger partial charge on any atom is 0.410 e. The first-order valence-electron chi connectivity index (χ1n) is 7.36. The molecule has 0 radical (unpaired) electrons. The molecule has 0 aromatic heterocycles. The van der Waals surface area contributed by atoms with Crippen molar-refractivity contribution >= 4 is 12.1 Å². The Kier molecular flexibility index (Phi) is 3.95. The molecular weight excluding hydrogens is 274 g/mol. The highest BCUT2D eigenvalue weighted by molar-refractivity contribution is 5.76. The fraction of sp³-hybridized carbons (Fsp3) is 0.867. The van der Waals surface area contributed by atoms with E-state index in [1.165, 1.54) is 0 Å². The summed E-state index contributed by atoms with van der Waals surface area (Å²) in [6.07, 6.45) is -0.386. The van der Waals surface area contributed by atoms with Gasteiger partial charge in [-0.25, -0.2) is 4.79 Å². The first-order chi connectivity index (χ1) is 9.55. The number of morpholine rings is 1. The fourth-order valence-electron chi connectivity index (χ4n) is 3.33. The molecule has 1 heterocycles. The summed E-state index contributed by atoms with van der Waals surface area (Å²) in [7, 11) is 0. The largest absolute Gasteiger partial charge is 0.481 e. The second-order valence-corrected chi connectivity index (χ2v) is 7.48. The van der Waals surface area contributed by atoms with Gasteiger partial charge in [0.15, 0.2) is 0 Å². The van der Waals surface area contributed by atoms with Crippen LogP contribution in [0.2, 0.25) is 0 Å². The van der Waals surface area contributed by atoms with E-state index in [-0.39, 0.29) is 23.5 Å². The van der Waals surface area contributed by atoms with Crippen molar-refractivity contribution in [3.05, 3.63) is 0 Å². The van der Waals surface area contributed by atoms with Crippen LogP contribution in [0.1, 0.15) is 34.6 Å². The molecule has 0 bridgehead atoms. The van der Waals surface area contributed by atoms with Crippen LogP contribution >= 0.6 is 0 Å². The van der Waals surface area contributed by atoms with Crippen molar-refractivity contribution in [3.8, 4) is 0 Å². The average Bonchev–Trinajstić information content (AvgIpc) is 2.90. The van der Waals surface area contributed by atoms with E-state index in [4.69, 9.17) is 9.47 Å².